The SMILES string of the molecule is CNC(=O)CNC(=O)CNC(=O)C(N)c1ccccc1. The molecule has 0 saturated heterocycles. The number of nitrogens with two attached hydrogens (primary N) is 1. The summed E-state index contributed by atoms with van der Waals surface area (Å²) in [5, 5.41) is 7.14. The van der Waals surface area contributed by atoms with Gasteiger partial charge in [-0.05, 0) is 5.56 Å². The van der Waals surface area contributed by atoms with Crippen LogP contribution in [0.4, 0.5) is 0 Å². The molecule has 5 N–H and O–H groups in total. The molecular formula is C13H18N4O3. The van der Waals surface area contributed by atoms with Gasteiger partial charge in [0.15, 0.2) is 0 Å². The van der Waals surface area contributed by atoms with Crippen molar-refractivity contribution in [3.8, 4) is 0 Å². The first-order chi connectivity index (χ1) is 9.54. The van der Waals surface area contributed by atoms with E-state index in [1.54, 1.807) is 24.3 Å². The van der Waals surface area contributed by atoms with Gasteiger partial charge in [-0.25, -0.2) is 0 Å². The molecule has 0 aliphatic heterocycles. The summed E-state index contributed by atoms with van der Waals surface area (Å²) in [5.41, 5.74) is 6.42. The maximum Gasteiger partial charge on any atom is 0.241 e. The normalized spacial score (nSPS) is 11.3. The van der Waals surface area contributed by atoms with Crippen LogP contribution in [0.15, 0.2) is 30.3 Å². The zero-order valence-electron chi connectivity index (χ0n) is 11.2. The Morgan fingerprint density at radius 3 is 2.25 bits per heavy atom. The average molecular weight is 278 g/mol. The van der Waals surface area contributed by atoms with Crippen molar-refractivity contribution in [2.45, 2.75) is 6.04 Å². The summed E-state index contributed by atoms with van der Waals surface area (Å²) in [6.45, 7) is -0.355. The maximum absolute atomic E-state index is 11.7. The second-order valence-corrected chi connectivity index (χ2v) is 4.06. The van der Waals surface area contributed by atoms with E-state index in [-0.39, 0.29) is 19.0 Å². The molecule has 1 atom stereocenters. The molecule has 0 spiro atoms. The van der Waals surface area contributed by atoms with Crippen LogP contribution in [0.5, 0.6) is 0 Å². The Bertz CT molecular complexity index is 476. The number of likely N-dealkylation sites (N-methyl/N-ethyl adjacent to an activating group) is 1. The van der Waals surface area contributed by atoms with E-state index in [9.17, 15) is 14.4 Å². The van der Waals surface area contributed by atoms with Gasteiger partial charge < -0.3 is 21.7 Å². The standard InChI is InChI=1S/C13H18N4O3/c1-15-10(18)7-16-11(19)8-17-13(20)12(14)9-5-3-2-4-6-9/h2-6,12H,7-8,14H2,1H3,(H,15,18)(H,16,19)(H,17,20). The van der Waals surface area contributed by atoms with E-state index in [2.05, 4.69) is 16.0 Å². The van der Waals surface area contributed by atoms with Gasteiger partial charge in [-0.1, -0.05) is 30.3 Å². The lowest BCUT2D eigenvalue weighted by Crippen LogP contribution is -2.43. The highest BCUT2D eigenvalue weighted by Gasteiger charge is 2.16. The van der Waals surface area contributed by atoms with Crippen LogP contribution in [0.2, 0.25) is 0 Å². The summed E-state index contributed by atoms with van der Waals surface area (Å²) >= 11 is 0. The second kappa shape index (κ2) is 7.90. The lowest BCUT2D eigenvalue weighted by molar-refractivity contribution is -0.128. The maximum atomic E-state index is 11.7. The first-order valence-electron chi connectivity index (χ1n) is 6.10. The van der Waals surface area contributed by atoms with Gasteiger partial charge in [0.25, 0.3) is 0 Å². The minimum absolute atomic E-state index is 0.129. The van der Waals surface area contributed by atoms with Gasteiger partial charge in [0, 0.05) is 7.05 Å². The monoisotopic (exact) mass is 278 g/mol. The van der Waals surface area contributed by atoms with Gasteiger partial charge in [0.1, 0.15) is 6.04 Å². The lowest BCUT2D eigenvalue weighted by atomic mass is 10.1. The molecule has 1 unspecified atom stereocenters. The summed E-state index contributed by atoms with van der Waals surface area (Å²) in [6.07, 6.45) is 0. The van der Waals surface area contributed by atoms with Crippen LogP contribution in [0.25, 0.3) is 0 Å². The molecule has 7 heteroatoms. The van der Waals surface area contributed by atoms with Gasteiger partial charge in [-0.3, -0.25) is 14.4 Å². The highest BCUT2D eigenvalue weighted by atomic mass is 16.2. The van der Waals surface area contributed by atoms with Gasteiger partial charge >= 0.3 is 0 Å². The van der Waals surface area contributed by atoms with E-state index < -0.39 is 17.9 Å². The molecule has 1 aromatic carbocycles. The van der Waals surface area contributed by atoms with Gasteiger partial charge in [0.2, 0.25) is 17.7 Å². The largest absolute Gasteiger partial charge is 0.358 e. The fourth-order valence-corrected chi connectivity index (χ4v) is 1.42. The third-order valence-corrected chi connectivity index (χ3v) is 2.59. The van der Waals surface area contributed by atoms with Crippen LogP contribution in [0, 0.1) is 0 Å². The number of hydrogen-bond acceptors (Lipinski definition) is 4. The Morgan fingerprint density at radius 2 is 1.65 bits per heavy atom. The van der Waals surface area contributed by atoms with E-state index in [1.807, 2.05) is 6.07 Å². The molecule has 7 nitrogen and oxygen atoms in total. The van der Waals surface area contributed by atoms with Crippen LogP contribution < -0.4 is 21.7 Å². The molecule has 0 aliphatic carbocycles. The predicted molar refractivity (Wildman–Crippen MR) is 73.5 cm³/mol. The number of carbonyl (C=O) groups is 3. The Morgan fingerprint density at radius 1 is 1.05 bits per heavy atom. The summed E-state index contributed by atoms with van der Waals surface area (Å²) in [5.74, 6) is -1.22. The summed E-state index contributed by atoms with van der Waals surface area (Å²) in [4.78, 5) is 34.0. The van der Waals surface area contributed by atoms with Gasteiger partial charge in [0.05, 0.1) is 13.1 Å². The predicted octanol–water partition coefficient (Wildman–Crippen LogP) is -1.34. The van der Waals surface area contributed by atoms with E-state index in [0.717, 1.165) is 0 Å². The highest BCUT2D eigenvalue weighted by molar-refractivity contribution is 5.89. The molecule has 0 heterocycles. The highest BCUT2D eigenvalue weighted by Crippen LogP contribution is 2.08. The number of amides is 3. The first kappa shape index (κ1) is 15.6. The van der Waals surface area contributed by atoms with Crippen molar-refractivity contribution in [2.24, 2.45) is 5.73 Å². The lowest BCUT2D eigenvalue weighted by Gasteiger charge is -2.12. The molecule has 0 saturated carbocycles. The molecule has 1 aromatic rings. The van der Waals surface area contributed by atoms with Crippen molar-refractivity contribution in [3.05, 3.63) is 35.9 Å². The Kier molecular flexibility index (Phi) is 6.18. The number of rotatable bonds is 6. The second-order valence-electron chi connectivity index (χ2n) is 4.06. The Labute approximate surface area is 116 Å². The number of benzene rings is 1. The molecule has 108 valence electrons. The van der Waals surface area contributed by atoms with Crippen LogP contribution >= 0.6 is 0 Å². The number of carbonyl (C=O) groups excluding carboxylic acids is 3. The average Bonchev–Trinajstić information content (AvgIpc) is 2.50. The third-order valence-electron chi connectivity index (χ3n) is 2.59. The molecule has 0 bridgehead atoms. The Hall–Kier alpha value is -2.41. The number of nitrogens with one attached hydrogen (secondary N) is 3. The quantitative estimate of drug-likeness (QED) is 0.516. The van der Waals surface area contributed by atoms with Crippen molar-refractivity contribution in [2.75, 3.05) is 20.1 Å². The topological polar surface area (TPSA) is 113 Å². The van der Waals surface area contributed by atoms with Crippen molar-refractivity contribution >= 4 is 17.7 Å². The number of hydrogen-bond donors (Lipinski definition) is 4. The van der Waals surface area contributed by atoms with Crippen molar-refractivity contribution in [1.29, 1.82) is 0 Å². The van der Waals surface area contributed by atoms with Crippen molar-refractivity contribution in [1.82, 2.24) is 16.0 Å². The minimum atomic E-state index is -0.831. The molecular weight excluding hydrogens is 260 g/mol. The van der Waals surface area contributed by atoms with Crippen LogP contribution in [0.1, 0.15) is 11.6 Å². The third kappa shape index (κ3) is 5.07. The molecule has 20 heavy (non-hydrogen) atoms. The van der Waals surface area contributed by atoms with E-state index >= 15 is 0 Å². The molecule has 0 fully saturated rings. The molecule has 0 aliphatic rings. The smallest absolute Gasteiger partial charge is 0.241 e. The summed E-state index contributed by atoms with van der Waals surface area (Å²) < 4.78 is 0. The van der Waals surface area contributed by atoms with Crippen LogP contribution in [0.3, 0.4) is 0 Å². The van der Waals surface area contributed by atoms with E-state index in [1.165, 1.54) is 7.05 Å². The van der Waals surface area contributed by atoms with Gasteiger partial charge in [-0.2, -0.15) is 0 Å². The molecule has 1 rings (SSSR count). The fourth-order valence-electron chi connectivity index (χ4n) is 1.42. The first-order valence-corrected chi connectivity index (χ1v) is 6.10. The van der Waals surface area contributed by atoms with Crippen molar-refractivity contribution in [3.63, 3.8) is 0 Å². The van der Waals surface area contributed by atoms with Gasteiger partial charge in [-0.15, -0.1) is 0 Å². The van der Waals surface area contributed by atoms with E-state index in [0.29, 0.717) is 5.56 Å². The fraction of sp³-hybridized carbons (Fsp3) is 0.308. The zero-order chi connectivity index (χ0) is 15.0. The summed E-state index contributed by atoms with van der Waals surface area (Å²) in [7, 11) is 1.47. The minimum Gasteiger partial charge on any atom is -0.358 e. The zero-order valence-corrected chi connectivity index (χ0v) is 11.2. The van der Waals surface area contributed by atoms with Crippen LogP contribution in [-0.4, -0.2) is 37.9 Å². The Balaban J connectivity index is 2.36. The van der Waals surface area contributed by atoms with Crippen molar-refractivity contribution < 1.29 is 14.4 Å². The molecule has 0 aromatic heterocycles. The molecule has 3 amide bonds. The summed E-state index contributed by atoms with van der Waals surface area (Å²) in [6, 6.07) is 8.01. The van der Waals surface area contributed by atoms with E-state index in [4.69, 9.17) is 5.73 Å². The van der Waals surface area contributed by atoms with Crippen LogP contribution in [-0.2, 0) is 14.4 Å². The molecule has 0 radical (unpaired) electrons.